The molecule has 0 bridgehead atoms. The first-order chi connectivity index (χ1) is 14.2. The van der Waals surface area contributed by atoms with E-state index in [0.717, 1.165) is 11.1 Å². The summed E-state index contributed by atoms with van der Waals surface area (Å²) in [4.78, 5) is 24.1. The van der Waals surface area contributed by atoms with Gasteiger partial charge in [-0.3, -0.25) is 4.79 Å². The smallest absolute Gasteiger partial charge is 0.344 e. The predicted octanol–water partition coefficient (Wildman–Crippen LogP) is 3.92. The van der Waals surface area contributed by atoms with Gasteiger partial charge in [0.05, 0.1) is 7.11 Å². The summed E-state index contributed by atoms with van der Waals surface area (Å²) < 4.78 is 15.5. The highest BCUT2D eigenvalue weighted by Crippen LogP contribution is 2.27. The van der Waals surface area contributed by atoms with Crippen molar-refractivity contribution in [1.82, 2.24) is 0 Å². The summed E-state index contributed by atoms with van der Waals surface area (Å²) in [6, 6.07) is 24.1. The summed E-state index contributed by atoms with van der Waals surface area (Å²) in [5, 5.41) is 2.78. The van der Waals surface area contributed by atoms with Gasteiger partial charge in [-0.15, -0.1) is 0 Å². The minimum atomic E-state index is -0.651. The van der Waals surface area contributed by atoms with Crippen molar-refractivity contribution in [2.45, 2.75) is 0 Å². The fraction of sp³-hybridized carbons (Fsp3) is 0.130. The van der Waals surface area contributed by atoms with E-state index in [0.29, 0.717) is 17.2 Å². The Morgan fingerprint density at radius 2 is 1.45 bits per heavy atom. The van der Waals surface area contributed by atoms with E-state index in [4.69, 9.17) is 14.2 Å². The quantitative estimate of drug-likeness (QED) is 0.589. The lowest BCUT2D eigenvalue weighted by molar-refractivity contribution is -0.149. The molecule has 0 aliphatic rings. The van der Waals surface area contributed by atoms with Crippen LogP contribution < -0.4 is 14.8 Å². The standard InChI is InChI=1S/C23H21NO5/c1-27-20-13-7-8-14-21(20)28-16-23(26)29-15-22(25)24-19-12-6-5-11-18(19)17-9-3-2-4-10-17/h2-14H,15-16H2,1H3,(H,24,25). The topological polar surface area (TPSA) is 73.9 Å². The number of rotatable bonds is 8. The van der Waals surface area contributed by atoms with Crippen LogP contribution in [0.3, 0.4) is 0 Å². The Morgan fingerprint density at radius 1 is 0.793 bits per heavy atom. The number of methoxy groups -OCH3 is 1. The highest BCUT2D eigenvalue weighted by atomic mass is 16.6. The van der Waals surface area contributed by atoms with E-state index in [-0.39, 0.29) is 6.61 Å². The zero-order valence-corrected chi connectivity index (χ0v) is 16.0. The van der Waals surface area contributed by atoms with Crippen molar-refractivity contribution in [3.63, 3.8) is 0 Å². The van der Waals surface area contributed by atoms with Crippen molar-refractivity contribution in [3.8, 4) is 22.6 Å². The van der Waals surface area contributed by atoms with Crippen LogP contribution in [-0.4, -0.2) is 32.2 Å². The number of anilines is 1. The van der Waals surface area contributed by atoms with Crippen molar-refractivity contribution in [1.29, 1.82) is 0 Å². The maximum Gasteiger partial charge on any atom is 0.344 e. The number of carbonyl (C=O) groups is 2. The number of ether oxygens (including phenoxy) is 3. The molecule has 3 aromatic rings. The number of benzene rings is 3. The molecule has 0 spiro atoms. The second-order valence-corrected chi connectivity index (χ2v) is 6.06. The molecule has 0 aliphatic heterocycles. The van der Waals surface area contributed by atoms with Crippen molar-refractivity contribution >= 4 is 17.6 Å². The van der Waals surface area contributed by atoms with Crippen molar-refractivity contribution in [2.75, 3.05) is 25.6 Å². The van der Waals surface area contributed by atoms with Gasteiger partial charge >= 0.3 is 5.97 Å². The Kier molecular flexibility index (Phi) is 6.84. The van der Waals surface area contributed by atoms with Gasteiger partial charge in [0.15, 0.2) is 24.7 Å². The molecule has 0 radical (unpaired) electrons. The van der Waals surface area contributed by atoms with Crippen LogP contribution >= 0.6 is 0 Å². The van der Waals surface area contributed by atoms with Crippen LogP contribution in [-0.2, 0) is 14.3 Å². The van der Waals surface area contributed by atoms with Gasteiger partial charge in [0.2, 0.25) is 0 Å². The van der Waals surface area contributed by atoms with Gasteiger partial charge in [0.25, 0.3) is 5.91 Å². The fourth-order valence-electron chi connectivity index (χ4n) is 2.71. The maximum absolute atomic E-state index is 12.2. The van der Waals surface area contributed by atoms with Crippen LogP contribution in [0.4, 0.5) is 5.69 Å². The Morgan fingerprint density at radius 3 is 2.21 bits per heavy atom. The van der Waals surface area contributed by atoms with Crippen LogP contribution in [0.15, 0.2) is 78.9 Å². The molecule has 1 amide bonds. The molecule has 0 unspecified atom stereocenters. The molecule has 0 aliphatic carbocycles. The van der Waals surface area contributed by atoms with Gasteiger partial charge in [-0.1, -0.05) is 60.7 Å². The SMILES string of the molecule is COc1ccccc1OCC(=O)OCC(=O)Nc1ccccc1-c1ccccc1. The lowest BCUT2D eigenvalue weighted by Gasteiger charge is -2.12. The molecule has 148 valence electrons. The van der Waals surface area contributed by atoms with Gasteiger partial charge in [0.1, 0.15) is 0 Å². The third-order valence-corrected chi connectivity index (χ3v) is 4.06. The molecule has 0 saturated carbocycles. The molecule has 3 aromatic carbocycles. The lowest BCUT2D eigenvalue weighted by Crippen LogP contribution is -2.24. The number of amides is 1. The summed E-state index contributed by atoms with van der Waals surface area (Å²) in [7, 11) is 1.51. The number of hydrogen-bond acceptors (Lipinski definition) is 5. The summed E-state index contributed by atoms with van der Waals surface area (Å²) in [6.45, 7) is -0.731. The first-order valence-electron chi connectivity index (χ1n) is 9.03. The zero-order chi connectivity index (χ0) is 20.5. The fourth-order valence-corrected chi connectivity index (χ4v) is 2.71. The van der Waals surface area contributed by atoms with Crippen molar-refractivity contribution in [3.05, 3.63) is 78.9 Å². The Hall–Kier alpha value is -3.80. The maximum atomic E-state index is 12.2. The van der Waals surface area contributed by atoms with Crippen LogP contribution in [0.5, 0.6) is 11.5 Å². The lowest BCUT2D eigenvalue weighted by atomic mass is 10.0. The number of carbonyl (C=O) groups excluding carboxylic acids is 2. The van der Waals surface area contributed by atoms with E-state index in [1.807, 2.05) is 48.5 Å². The molecule has 0 fully saturated rings. The molecule has 6 heteroatoms. The van der Waals surface area contributed by atoms with Crippen molar-refractivity contribution in [2.24, 2.45) is 0 Å². The molecule has 0 aromatic heterocycles. The zero-order valence-electron chi connectivity index (χ0n) is 16.0. The first kappa shape index (κ1) is 19.9. The van der Waals surface area contributed by atoms with E-state index in [2.05, 4.69) is 5.32 Å². The third-order valence-electron chi connectivity index (χ3n) is 4.06. The first-order valence-corrected chi connectivity index (χ1v) is 9.03. The average molecular weight is 391 g/mol. The normalized spacial score (nSPS) is 10.1. The molecule has 0 atom stereocenters. The molecule has 6 nitrogen and oxygen atoms in total. The number of nitrogens with one attached hydrogen (secondary N) is 1. The van der Waals surface area contributed by atoms with E-state index in [1.54, 1.807) is 30.3 Å². The van der Waals surface area contributed by atoms with E-state index in [1.165, 1.54) is 7.11 Å². The van der Waals surface area contributed by atoms with Crippen LogP contribution in [0, 0.1) is 0 Å². The number of hydrogen-bond donors (Lipinski definition) is 1. The minimum Gasteiger partial charge on any atom is -0.493 e. The van der Waals surface area contributed by atoms with Gasteiger partial charge < -0.3 is 19.5 Å². The Labute approximate surface area is 169 Å². The second-order valence-electron chi connectivity index (χ2n) is 6.06. The molecular weight excluding hydrogens is 370 g/mol. The largest absolute Gasteiger partial charge is 0.493 e. The average Bonchev–Trinajstić information content (AvgIpc) is 2.77. The predicted molar refractivity (Wildman–Crippen MR) is 110 cm³/mol. The molecule has 0 heterocycles. The summed E-state index contributed by atoms with van der Waals surface area (Å²) in [5.41, 5.74) is 2.50. The molecule has 3 rings (SSSR count). The Balaban J connectivity index is 1.52. The van der Waals surface area contributed by atoms with Gasteiger partial charge in [-0.25, -0.2) is 4.79 Å². The summed E-state index contributed by atoms with van der Waals surface area (Å²) >= 11 is 0. The Bertz CT molecular complexity index is 972. The van der Waals surface area contributed by atoms with Crippen LogP contribution in [0.1, 0.15) is 0 Å². The highest BCUT2D eigenvalue weighted by Gasteiger charge is 2.12. The van der Waals surface area contributed by atoms with Crippen molar-refractivity contribution < 1.29 is 23.8 Å². The van der Waals surface area contributed by atoms with Gasteiger partial charge in [0, 0.05) is 11.3 Å². The molecular formula is C23H21NO5. The number of para-hydroxylation sites is 3. The second kappa shape index (κ2) is 9.94. The van der Waals surface area contributed by atoms with Gasteiger partial charge in [-0.05, 0) is 23.8 Å². The molecule has 1 N–H and O–H groups in total. The molecule has 29 heavy (non-hydrogen) atoms. The highest BCUT2D eigenvalue weighted by molar-refractivity contribution is 5.96. The van der Waals surface area contributed by atoms with E-state index < -0.39 is 18.5 Å². The van der Waals surface area contributed by atoms with Gasteiger partial charge in [-0.2, -0.15) is 0 Å². The minimum absolute atomic E-state index is 0.325. The number of esters is 1. The summed E-state index contributed by atoms with van der Waals surface area (Å²) in [5.74, 6) is -0.148. The van der Waals surface area contributed by atoms with Crippen LogP contribution in [0.2, 0.25) is 0 Å². The van der Waals surface area contributed by atoms with E-state index >= 15 is 0 Å². The molecule has 0 saturated heterocycles. The third kappa shape index (κ3) is 5.59. The summed E-state index contributed by atoms with van der Waals surface area (Å²) in [6.07, 6.45) is 0. The van der Waals surface area contributed by atoms with Crippen LogP contribution in [0.25, 0.3) is 11.1 Å². The van der Waals surface area contributed by atoms with E-state index in [9.17, 15) is 9.59 Å². The monoisotopic (exact) mass is 391 g/mol.